The van der Waals surface area contributed by atoms with E-state index in [0.717, 1.165) is 17.7 Å². The van der Waals surface area contributed by atoms with Gasteiger partial charge in [0, 0.05) is 18.9 Å². The Kier molecular flexibility index (Phi) is 3.94. The summed E-state index contributed by atoms with van der Waals surface area (Å²) in [6.07, 6.45) is 0.598. The molecule has 0 N–H and O–H groups in total. The Hall–Kier alpha value is -1.92. The minimum atomic E-state index is -0.129. The van der Waals surface area contributed by atoms with Crippen molar-refractivity contribution in [3.05, 3.63) is 30.2 Å². The number of hydrogen-bond donors (Lipinski definition) is 0. The zero-order chi connectivity index (χ0) is 13.8. The fraction of sp³-hybridized carbons (Fsp3) is 0.429. The highest BCUT2D eigenvalue weighted by Gasteiger charge is 2.15. The van der Waals surface area contributed by atoms with Crippen molar-refractivity contribution in [2.75, 3.05) is 19.8 Å². The van der Waals surface area contributed by atoms with Crippen molar-refractivity contribution in [2.24, 2.45) is 0 Å². The highest BCUT2D eigenvalue weighted by atomic mass is 16.7. The van der Waals surface area contributed by atoms with Crippen LogP contribution >= 0.6 is 0 Å². The summed E-state index contributed by atoms with van der Waals surface area (Å²) < 4.78 is 21.7. The van der Waals surface area contributed by atoms with Crippen LogP contribution in [0.4, 0.5) is 0 Å². The van der Waals surface area contributed by atoms with E-state index in [0.29, 0.717) is 31.6 Å². The predicted octanol–water partition coefficient (Wildman–Crippen LogP) is 2.19. The fourth-order valence-electron chi connectivity index (χ4n) is 1.95. The van der Waals surface area contributed by atoms with Crippen LogP contribution in [0.5, 0.6) is 5.75 Å². The summed E-state index contributed by atoms with van der Waals surface area (Å²) >= 11 is 0. The van der Waals surface area contributed by atoms with Crippen molar-refractivity contribution in [1.29, 1.82) is 0 Å². The van der Waals surface area contributed by atoms with E-state index in [2.05, 4.69) is 10.2 Å². The summed E-state index contributed by atoms with van der Waals surface area (Å²) in [5.74, 6) is 1.86. The van der Waals surface area contributed by atoms with Gasteiger partial charge in [-0.25, -0.2) is 0 Å². The van der Waals surface area contributed by atoms with Gasteiger partial charge in [0.05, 0.1) is 19.8 Å². The summed E-state index contributed by atoms with van der Waals surface area (Å²) in [5.41, 5.74) is 0.875. The van der Waals surface area contributed by atoms with Gasteiger partial charge in [0.2, 0.25) is 11.8 Å². The molecule has 1 aliphatic rings. The molecular weight excluding hydrogens is 260 g/mol. The number of nitrogens with zero attached hydrogens (tertiary/aromatic N) is 2. The molecule has 0 amide bonds. The molecule has 6 heteroatoms. The minimum Gasteiger partial charge on any atom is -0.493 e. The summed E-state index contributed by atoms with van der Waals surface area (Å²) in [6, 6.07) is 7.55. The van der Waals surface area contributed by atoms with Crippen molar-refractivity contribution >= 4 is 0 Å². The zero-order valence-corrected chi connectivity index (χ0v) is 11.2. The largest absolute Gasteiger partial charge is 0.493 e. The number of ether oxygens (including phenoxy) is 3. The van der Waals surface area contributed by atoms with Crippen LogP contribution in [0.2, 0.25) is 0 Å². The third kappa shape index (κ3) is 3.15. The molecule has 106 valence electrons. The predicted molar refractivity (Wildman–Crippen MR) is 70.3 cm³/mol. The number of aromatic nitrogens is 2. The summed E-state index contributed by atoms with van der Waals surface area (Å²) in [4.78, 5) is 0. The van der Waals surface area contributed by atoms with Crippen LogP contribution in [-0.4, -0.2) is 36.3 Å². The average molecular weight is 276 g/mol. The van der Waals surface area contributed by atoms with Gasteiger partial charge in [-0.15, -0.1) is 10.2 Å². The van der Waals surface area contributed by atoms with Crippen LogP contribution in [0.15, 0.2) is 28.7 Å². The first-order valence-corrected chi connectivity index (χ1v) is 6.58. The lowest BCUT2D eigenvalue weighted by atomic mass is 10.2. The Morgan fingerprint density at radius 2 is 1.90 bits per heavy atom. The Morgan fingerprint density at radius 3 is 2.55 bits per heavy atom. The second-order valence-corrected chi connectivity index (χ2v) is 4.46. The first-order chi connectivity index (χ1) is 9.81. The third-order valence-corrected chi connectivity index (χ3v) is 2.94. The van der Waals surface area contributed by atoms with E-state index >= 15 is 0 Å². The molecule has 3 rings (SSSR count). The highest BCUT2D eigenvalue weighted by Crippen LogP contribution is 2.21. The van der Waals surface area contributed by atoms with Gasteiger partial charge < -0.3 is 18.6 Å². The first kappa shape index (κ1) is 13.1. The smallest absolute Gasteiger partial charge is 0.247 e. The summed E-state index contributed by atoms with van der Waals surface area (Å²) in [6.45, 7) is 3.66. The molecule has 2 heterocycles. The van der Waals surface area contributed by atoms with E-state index in [1.54, 1.807) is 6.92 Å². The second-order valence-electron chi connectivity index (χ2n) is 4.46. The standard InChI is InChI=1S/C14H16N2O4/c1-10-15-16-14(20-10)11-2-4-12(5-3-11)17-7-6-13-18-8-9-19-13/h2-5,13H,6-9H2,1H3. The van der Waals surface area contributed by atoms with Crippen molar-refractivity contribution in [3.63, 3.8) is 0 Å². The normalized spacial score (nSPS) is 15.7. The fourth-order valence-corrected chi connectivity index (χ4v) is 1.95. The molecule has 20 heavy (non-hydrogen) atoms. The molecule has 2 aromatic rings. The lowest BCUT2D eigenvalue weighted by Crippen LogP contribution is -2.12. The van der Waals surface area contributed by atoms with Crippen molar-refractivity contribution in [3.8, 4) is 17.2 Å². The van der Waals surface area contributed by atoms with E-state index < -0.39 is 0 Å². The van der Waals surface area contributed by atoms with Crippen LogP contribution in [0.3, 0.4) is 0 Å². The molecule has 0 atom stereocenters. The number of benzene rings is 1. The maximum absolute atomic E-state index is 5.64. The van der Waals surface area contributed by atoms with Crippen LogP contribution in [0, 0.1) is 6.92 Å². The number of rotatable bonds is 5. The molecular formula is C14H16N2O4. The Morgan fingerprint density at radius 1 is 1.15 bits per heavy atom. The maximum atomic E-state index is 5.64. The van der Waals surface area contributed by atoms with Crippen molar-refractivity contribution in [1.82, 2.24) is 10.2 Å². The van der Waals surface area contributed by atoms with Crippen LogP contribution in [-0.2, 0) is 9.47 Å². The topological polar surface area (TPSA) is 66.6 Å². The number of hydrogen-bond acceptors (Lipinski definition) is 6. The monoisotopic (exact) mass is 276 g/mol. The van der Waals surface area contributed by atoms with Gasteiger partial charge in [0.1, 0.15) is 5.75 Å². The first-order valence-electron chi connectivity index (χ1n) is 6.58. The van der Waals surface area contributed by atoms with Gasteiger partial charge in [-0.1, -0.05) is 0 Å². The molecule has 1 aliphatic heterocycles. The van der Waals surface area contributed by atoms with Crippen molar-refractivity contribution in [2.45, 2.75) is 19.6 Å². The summed E-state index contributed by atoms with van der Waals surface area (Å²) in [7, 11) is 0. The Labute approximate surface area is 116 Å². The Balaban J connectivity index is 1.53. The van der Waals surface area contributed by atoms with E-state index in [-0.39, 0.29) is 6.29 Å². The lowest BCUT2D eigenvalue weighted by Gasteiger charge is -2.10. The van der Waals surface area contributed by atoms with E-state index in [4.69, 9.17) is 18.6 Å². The molecule has 0 aliphatic carbocycles. The maximum Gasteiger partial charge on any atom is 0.247 e. The molecule has 1 fully saturated rings. The van der Waals surface area contributed by atoms with E-state index in [1.165, 1.54) is 0 Å². The molecule has 0 radical (unpaired) electrons. The average Bonchev–Trinajstić information content (AvgIpc) is 3.11. The van der Waals surface area contributed by atoms with Gasteiger partial charge in [-0.3, -0.25) is 0 Å². The molecule has 1 saturated heterocycles. The zero-order valence-electron chi connectivity index (χ0n) is 11.2. The highest BCUT2D eigenvalue weighted by molar-refractivity contribution is 5.53. The molecule has 0 spiro atoms. The van der Waals surface area contributed by atoms with Crippen molar-refractivity contribution < 1.29 is 18.6 Å². The minimum absolute atomic E-state index is 0.129. The van der Waals surface area contributed by atoms with Gasteiger partial charge in [-0.05, 0) is 24.3 Å². The molecule has 1 aromatic carbocycles. The van der Waals surface area contributed by atoms with Gasteiger partial charge >= 0.3 is 0 Å². The Bertz CT molecular complexity index is 547. The molecule has 0 bridgehead atoms. The van der Waals surface area contributed by atoms with Gasteiger partial charge in [0.15, 0.2) is 6.29 Å². The quantitative estimate of drug-likeness (QED) is 0.834. The number of aryl methyl sites for hydroxylation is 1. The summed E-state index contributed by atoms with van der Waals surface area (Å²) in [5, 5.41) is 7.77. The molecule has 6 nitrogen and oxygen atoms in total. The molecule has 1 aromatic heterocycles. The molecule has 0 unspecified atom stereocenters. The third-order valence-electron chi connectivity index (χ3n) is 2.94. The second kappa shape index (κ2) is 6.02. The van der Waals surface area contributed by atoms with Crippen LogP contribution in [0.25, 0.3) is 11.5 Å². The van der Waals surface area contributed by atoms with Gasteiger partial charge in [0.25, 0.3) is 0 Å². The van der Waals surface area contributed by atoms with E-state index in [1.807, 2.05) is 24.3 Å². The van der Waals surface area contributed by atoms with Gasteiger partial charge in [-0.2, -0.15) is 0 Å². The SMILES string of the molecule is Cc1nnc(-c2ccc(OCCC3OCCO3)cc2)o1. The van der Waals surface area contributed by atoms with Crippen LogP contribution in [0.1, 0.15) is 12.3 Å². The van der Waals surface area contributed by atoms with Crippen LogP contribution < -0.4 is 4.74 Å². The lowest BCUT2D eigenvalue weighted by molar-refractivity contribution is -0.0531. The molecule has 0 saturated carbocycles. The van der Waals surface area contributed by atoms with E-state index in [9.17, 15) is 0 Å².